The number of hydrogen-bond donors (Lipinski definition) is 2. The van der Waals surface area contributed by atoms with Crippen molar-refractivity contribution in [1.82, 2.24) is 5.32 Å². The van der Waals surface area contributed by atoms with E-state index in [0.29, 0.717) is 11.1 Å². The van der Waals surface area contributed by atoms with Crippen molar-refractivity contribution in [3.63, 3.8) is 0 Å². The molecule has 24 heavy (non-hydrogen) atoms. The van der Waals surface area contributed by atoms with E-state index in [9.17, 15) is 14.7 Å². The predicted molar refractivity (Wildman–Crippen MR) is 93.5 cm³/mol. The number of aliphatic carboxylic acids is 1. The molecule has 4 nitrogen and oxygen atoms in total. The molecule has 0 saturated heterocycles. The number of carbonyl (C=O) groups is 2. The number of benzene rings is 3. The van der Waals surface area contributed by atoms with Crippen LogP contribution in [0.5, 0.6) is 0 Å². The van der Waals surface area contributed by atoms with Crippen LogP contribution >= 0.6 is 0 Å². The number of nitrogens with one attached hydrogen (secondary N) is 1. The molecular weight excluding hydrogens is 302 g/mol. The number of carboxylic acids is 1. The summed E-state index contributed by atoms with van der Waals surface area (Å²) in [6, 6.07) is 21.8. The number of fused-ring (bicyclic) bond motifs is 1. The molecule has 0 atom stereocenters. The van der Waals surface area contributed by atoms with Crippen LogP contribution in [0.2, 0.25) is 0 Å². The molecule has 0 aromatic heterocycles. The van der Waals surface area contributed by atoms with Crippen molar-refractivity contribution in [3.8, 4) is 0 Å². The van der Waals surface area contributed by atoms with Crippen molar-refractivity contribution in [2.75, 3.05) is 0 Å². The van der Waals surface area contributed by atoms with E-state index in [1.54, 1.807) is 36.4 Å². The van der Waals surface area contributed by atoms with Gasteiger partial charge in [0, 0.05) is 5.56 Å². The normalized spacial score (nSPS) is 11.2. The third kappa shape index (κ3) is 3.33. The lowest BCUT2D eigenvalue weighted by Gasteiger charge is -2.09. The molecule has 118 valence electrons. The molecule has 3 aromatic carbocycles. The van der Waals surface area contributed by atoms with E-state index in [-0.39, 0.29) is 5.70 Å². The van der Waals surface area contributed by atoms with Crippen molar-refractivity contribution in [1.29, 1.82) is 0 Å². The molecule has 4 heteroatoms. The number of hydrogen-bond acceptors (Lipinski definition) is 2. The molecule has 0 radical (unpaired) electrons. The lowest BCUT2D eigenvalue weighted by molar-refractivity contribution is -0.132. The van der Waals surface area contributed by atoms with Gasteiger partial charge in [0.2, 0.25) is 0 Å². The molecule has 0 spiro atoms. The zero-order chi connectivity index (χ0) is 16.9. The summed E-state index contributed by atoms with van der Waals surface area (Å²) in [4.78, 5) is 24.0. The molecule has 2 N–H and O–H groups in total. The fraction of sp³-hybridized carbons (Fsp3) is 0. The average molecular weight is 317 g/mol. The standard InChI is InChI=1S/C20H15NO3/c22-19(17-12-6-10-15-9-4-5-11-16(15)17)21-18(20(23)24)13-14-7-2-1-3-8-14/h1-13H,(H,21,22)(H,23,24). The molecule has 0 aliphatic carbocycles. The number of carbonyl (C=O) groups excluding carboxylic acids is 1. The summed E-state index contributed by atoms with van der Waals surface area (Å²) in [5.41, 5.74) is 0.973. The Hall–Kier alpha value is -3.40. The number of rotatable bonds is 4. The first kappa shape index (κ1) is 15.5. The van der Waals surface area contributed by atoms with E-state index in [4.69, 9.17) is 0 Å². The molecular formula is C20H15NO3. The van der Waals surface area contributed by atoms with Gasteiger partial charge < -0.3 is 10.4 Å². The summed E-state index contributed by atoms with van der Waals surface area (Å²) < 4.78 is 0. The van der Waals surface area contributed by atoms with Gasteiger partial charge in [0.25, 0.3) is 5.91 Å². The summed E-state index contributed by atoms with van der Waals surface area (Å²) in [5.74, 6) is -1.64. The van der Waals surface area contributed by atoms with E-state index in [2.05, 4.69) is 5.32 Å². The van der Waals surface area contributed by atoms with Gasteiger partial charge in [-0.2, -0.15) is 0 Å². The van der Waals surface area contributed by atoms with E-state index in [1.807, 2.05) is 36.4 Å². The van der Waals surface area contributed by atoms with Crippen LogP contribution in [0.1, 0.15) is 15.9 Å². The molecule has 0 unspecified atom stereocenters. The van der Waals surface area contributed by atoms with Crippen LogP contribution in [0.3, 0.4) is 0 Å². The maximum Gasteiger partial charge on any atom is 0.352 e. The highest BCUT2D eigenvalue weighted by molar-refractivity contribution is 6.10. The van der Waals surface area contributed by atoms with Crippen molar-refractivity contribution >= 4 is 28.7 Å². The van der Waals surface area contributed by atoms with Crippen LogP contribution in [0.15, 0.2) is 78.5 Å². The Morgan fingerprint density at radius 2 is 1.50 bits per heavy atom. The average Bonchev–Trinajstić information content (AvgIpc) is 2.61. The highest BCUT2D eigenvalue weighted by atomic mass is 16.4. The third-order valence-electron chi connectivity index (χ3n) is 3.62. The van der Waals surface area contributed by atoms with Gasteiger partial charge in [-0.3, -0.25) is 4.79 Å². The van der Waals surface area contributed by atoms with E-state index >= 15 is 0 Å². The van der Waals surface area contributed by atoms with Gasteiger partial charge in [0.05, 0.1) is 0 Å². The number of amides is 1. The zero-order valence-electron chi connectivity index (χ0n) is 12.8. The third-order valence-corrected chi connectivity index (χ3v) is 3.62. The molecule has 0 bridgehead atoms. The minimum absolute atomic E-state index is 0.167. The van der Waals surface area contributed by atoms with Gasteiger partial charge >= 0.3 is 5.97 Å². The number of carboxylic acid groups (broad SMARTS) is 1. The summed E-state index contributed by atoms with van der Waals surface area (Å²) in [7, 11) is 0. The molecule has 0 aliphatic rings. The Kier molecular flexibility index (Phi) is 4.38. The molecule has 0 saturated carbocycles. The fourth-order valence-electron chi connectivity index (χ4n) is 2.48. The van der Waals surface area contributed by atoms with Gasteiger partial charge in [0.15, 0.2) is 0 Å². The van der Waals surface area contributed by atoms with Crippen LogP contribution in [0, 0.1) is 0 Å². The van der Waals surface area contributed by atoms with Crippen molar-refractivity contribution in [3.05, 3.63) is 89.6 Å². The molecule has 1 amide bonds. The van der Waals surface area contributed by atoms with E-state index < -0.39 is 11.9 Å². The Balaban J connectivity index is 1.94. The Labute approximate surface area is 139 Å². The van der Waals surface area contributed by atoms with Crippen molar-refractivity contribution in [2.24, 2.45) is 0 Å². The van der Waals surface area contributed by atoms with Crippen molar-refractivity contribution in [2.45, 2.75) is 0 Å². The second-order valence-corrected chi connectivity index (χ2v) is 5.25. The fourth-order valence-corrected chi connectivity index (χ4v) is 2.48. The maximum absolute atomic E-state index is 12.5. The SMILES string of the molecule is O=C(O)C(=Cc1ccccc1)NC(=O)c1cccc2ccccc12. The zero-order valence-corrected chi connectivity index (χ0v) is 12.8. The Morgan fingerprint density at radius 1 is 0.833 bits per heavy atom. The first-order chi connectivity index (χ1) is 11.6. The topological polar surface area (TPSA) is 66.4 Å². The van der Waals surface area contributed by atoms with Crippen LogP contribution in [-0.2, 0) is 4.79 Å². The molecule has 0 fully saturated rings. The first-order valence-electron chi connectivity index (χ1n) is 7.44. The highest BCUT2D eigenvalue weighted by Crippen LogP contribution is 2.18. The lowest BCUT2D eigenvalue weighted by Crippen LogP contribution is -2.27. The summed E-state index contributed by atoms with van der Waals surface area (Å²) in [6.07, 6.45) is 1.44. The minimum Gasteiger partial charge on any atom is -0.477 e. The molecule has 0 heterocycles. The monoisotopic (exact) mass is 317 g/mol. The quantitative estimate of drug-likeness (QED) is 0.721. The Morgan fingerprint density at radius 3 is 2.25 bits per heavy atom. The maximum atomic E-state index is 12.5. The van der Waals surface area contributed by atoms with Crippen LogP contribution in [0.25, 0.3) is 16.8 Å². The molecule has 3 rings (SSSR count). The van der Waals surface area contributed by atoms with Gasteiger partial charge in [0.1, 0.15) is 5.70 Å². The second-order valence-electron chi connectivity index (χ2n) is 5.25. The van der Waals surface area contributed by atoms with E-state index in [1.165, 1.54) is 6.08 Å². The molecule has 3 aromatic rings. The summed E-state index contributed by atoms with van der Waals surface area (Å²) >= 11 is 0. The highest BCUT2D eigenvalue weighted by Gasteiger charge is 2.15. The first-order valence-corrected chi connectivity index (χ1v) is 7.44. The van der Waals surface area contributed by atoms with Crippen molar-refractivity contribution < 1.29 is 14.7 Å². The van der Waals surface area contributed by atoms with E-state index in [0.717, 1.165) is 10.8 Å². The van der Waals surface area contributed by atoms with Gasteiger partial charge in [-0.25, -0.2) is 4.79 Å². The van der Waals surface area contributed by atoms with Gasteiger partial charge in [-0.1, -0.05) is 66.7 Å². The smallest absolute Gasteiger partial charge is 0.352 e. The predicted octanol–water partition coefficient (Wildman–Crippen LogP) is 3.70. The van der Waals surface area contributed by atoms with Crippen LogP contribution < -0.4 is 5.32 Å². The molecule has 0 aliphatic heterocycles. The second kappa shape index (κ2) is 6.79. The lowest BCUT2D eigenvalue weighted by atomic mass is 10.0. The van der Waals surface area contributed by atoms with Gasteiger partial charge in [-0.15, -0.1) is 0 Å². The summed E-state index contributed by atoms with van der Waals surface area (Å²) in [6.45, 7) is 0. The summed E-state index contributed by atoms with van der Waals surface area (Å²) in [5, 5.41) is 13.6. The van der Waals surface area contributed by atoms with Crippen LogP contribution in [0.4, 0.5) is 0 Å². The largest absolute Gasteiger partial charge is 0.477 e. The Bertz CT molecular complexity index is 925. The van der Waals surface area contributed by atoms with Crippen LogP contribution in [-0.4, -0.2) is 17.0 Å². The minimum atomic E-state index is -1.19. The van der Waals surface area contributed by atoms with Gasteiger partial charge in [-0.05, 0) is 28.5 Å².